The maximum Gasteiger partial charge on any atom is 0.335 e. The zero-order valence-corrected chi connectivity index (χ0v) is 21.8. The third kappa shape index (κ3) is 5.11. The highest BCUT2D eigenvalue weighted by Crippen LogP contribution is 2.61. The van der Waals surface area contributed by atoms with Gasteiger partial charge in [-0.1, -0.05) is 26.0 Å². The van der Waals surface area contributed by atoms with Crippen molar-refractivity contribution < 1.29 is 29.3 Å². The summed E-state index contributed by atoms with van der Waals surface area (Å²) in [6.45, 7) is 8.83. The number of methoxy groups -OCH3 is 1. The minimum absolute atomic E-state index is 0.0636. The number of cyclic esters (lactones) is 1. The third-order valence-electron chi connectivity index (χ3n) is 8.79. The maximum absolute atomic E-state index is 12.6. The summed E-state index contributed by atoms with van der Waals surface area (Å²) in [5.41, 5.74) is 0.924. The number of thioether (sulfide) groups is 1. The molecule has 0 spiro atoms. The van der Waals surface area contributed by atoms with E-state index in [0.29, 0.717) is 24.8 Å². The number of hydrogen-bond donors (Lipinski definition) is 3. The molecule has 2 saturated carbocycles. The molecule has 8 heteroatoms. The molecule has 0 radical (unpaired) electrons. The van der Waals surface area contributed by atoms with Gasteiger partial charge in [0.1, 0.15) is 12.6 Å². The number of hydrogen-bond acceptors (Lipinski definition) is 8. The van der Waals surface area contributed by atoms with Crippen molar-refractivity contribution in [3.63, 3.8) is 0 Å². The van der Waals surface area contributed by atoms with E-state index in [1.807, 2.05) is 13.2 Å². The van der Waals surface area contributed by atoms with Crippen LogP contribution in [0.25, 0.3) is 0 Å². The van der Waals surface area contributed by atoms with E-state index in [-0.39, 0.29) is 48.4 Å². The molecule has 3 aliphatic rings. The van der Waals surface area contributed by atoms with E-state index in [9.17, 15) is 19.8 Å². The summed E-state index contributed by atoms with van der Waals surface area (Å²) in [7, 11) is 1.38. The molecule has 7 nitrogen and oxygen atoms in total. The number of allylic oxidation sites excluding steroid dienone is 1. The first-order chi connectivity index (χ1) is 16.1. The Hall–Kier alpha value is -1.35. The Morgan fingerprint density at radius 1 is 1.41 bits per heavy atom. The van der Waals surface area contributed by atoms with Crippen LogP contribution in [0.4, 0.5) is 0 Å². The first kappa shape index (κ1) is 27.2. The molecule has 3 N–H and O–H groups in total. The molecule has 0 amide bonds. The molecule has 1 aliphatic heterocycles. The van der Waals surface area contributed by atoms with Gasteiger partial charge in [0, 0.05) is 11.5 Å². The molecule has 0 bridgehead atoms. The van der Waals surface area contributed by atoms with Crippen LogP contribution in [0.15, 0.2) is 23.8 Å². The van der Waals surface area contributed by atoms with Gasteiger partial charge in [-0.25, -0.2) is 4.79 Å². The number of aliphatic hydroxyl groups excluding tert-OH is 2. The number of aliphatic hydroxyl groups is 2. The maximum atomic E-state index is 12.6. The van der Waals surface area contributed by atoms with Crippen molar-refractivity contribution in [3.8, 4) is 0 Å². The fourth-order valence-corrected chi connectivity index (χ4v) is 7.18. The summed E-state index contributed by atoms with van der Waals surface area (Å²) in [6, 6.07) is -0.918. The lowest BCUT2D eigenvalue weighted by Gasteiger charge is -2.60. The summed E-state index contributed by atoms with van der Waals surface area (Å²) in [6.07, 6.45) is 7.57. The topological polar surface area (TPSA) is 105 Å². The number of nitrogens with one attached hydrogen (secondary N) is 1. The Labute approximate surface area is 207 Å². The van der Waals surface area contributed by atoms with Gasteiger partial charge in [0.15, 0.2) is 0 Å². The molecule has 0 saturated heterocycles. The van der Waals surface area contributed by atoms with Crippen LogP contribution >= 0.6 is 11.8 Å². The lowest BCUT2D eigenvalue weighted by molar-refractivity contribution is -0.153. The van der Waals surface area contributed by atoms with Crippen molar-refractivity contribution in [1.29, 1.82) is 0 Å². The lowest BCUT2D eigenvalue weighted by atomic mass is 9.46. The van der Waals surface area contributed by atoms with Gasteiger partial charge >= 0.3 is 11.9 Å². The first-order valence-electron chi connectivity index (χ1n) is 12.3. The molecule has 0 aromatic heterocycles. The van der Waals surface area contributed by atoms with Gasteiger partial charge in [-0.15, -0.1) is 0 Å². The summed E-state index contributed by atoms with van der Waals surface area (Å²) < 4.78 is 10.3. The highest BCUT2D eigenvalue weighted by atomic mass is 32.2. The van der Waals surface area contributed by atoms with Crippen LogP contribution in [0.5, 0.6) is 0 Å². The smallest absolute Gasteiger partial charge is 0.335 e. The monoisotopic (exact) mass is 495 g/mol. The summed E-state index contributed by atoms with van der Waals surface area (Å²) >= 11 is 1.65. The van der Waals surface area contributed by atoms with E-state index in [0.717, 1.165) is 30.6 Å². The second-order valence-corrected chi connectivity index (χ2v) is 11.6. The predicted molar refractivity (Wildman–Crippen MR) is 133 cm³/mol. The van der Waals surface area contributed by atoms with E-state index < -0.39 is 17.6 Å². The Morgan fingerprint density at radius 3 is 2.74 bits per heavy atom. The Balaban J connectivity index is 1.93. The Bertz CT molecular complexity index is 815. The average Bonchev–Trinajstić information content (AvgIpc) is 3.25. The van der Waals surface area contributed by atoms with Crippen molar-refractivity contribution in [2.24, 2.45) is 22.7 Å². The molecular weight excluding hydrogens is 454 g/mol. The molecule has 1 heterocycles. The molecule has 7 atom stereocenters. The third-order valence-corrected chi connectivity index (χ3v) is 9.44. The van der Waals surface area contributed by atoms with E-state index in [1.54, 1.807) is 17.8 Å². The van der Waals surface area contributed by atoms with Gasteiger partial charge in [0.2, 0.25) is 0 Å². The normalized spacial score (nSPS) is 35.2. The van der Waals surface area contributed by atoms with Crippen molar-refractivity contribution in [1.82, 2.24) is 5.32 Å². The molecule has 0 aromatic rings. The Morgan fingerprint density at radius 2 is 2.15 bits per heavy atom. The molecule has 4 unspecified atom stereocenters. The van der Waals surface area contributed by atoms with Crippen LogP contribution in [0.1, 0.15) is 52.4 Å². The SMILES string of the molecule is C=C1CCC2[C@](C)(CO)C(O)CC[C@]2(C)[C@H]1CC(NC(CCSC)C(=O)OC)C1=CCOC1=O. The van der Waals surface area contributed by atoms with E-state index >= 15 is 0 Å². The minimum Gasteiger partial charge on any atom is -0.468 e. The number of ether oxygens (including phenoxy) is 2. The van der Waals surface area contributed by atoms with Gasteiger partial charge in [-0.05, 0) is 73.9 Å². The average molecular weight is 496 g/mol. The second kappa shape index (κ2) is 11.1. The summed E-state index contributed by atoms with van der Waals surface area (Å²) in [5.74, 6) is 0.281. The summed E-state index contributed by atoms with van der Waals surface area (Å²) in [4.78, 5) is 25.1. The van der Waals surface area contributed by atoms with Gasteiger partial charge in [0.25, 0.3) is 0 Å². The quantitative estimate of drug-likeness (QED) is 0.314. The van der Waals surface area contributed by atoms with Crippen LogP contribution in [-0.2, 0) is 19.1 Å². The molecule has 2 fully saturated rings. The number of fused-ring (bicyclic) bond motifs is 1. The van der Waals surface area contributed by atoms with Crippen LogP contribution < -0.4 is 5.32 Å². The largest absolute Gasteiger partial charge is 0.468 e. The zero-order chi connectivity index (χ0) is 25.1. The van der Waals surface area contributed by atoms with E-state index in [4.69, 9.17) is 9.47 Å². The molecule has 0 aromatic carbocycles. The number of carbonyl (C=O) groups is 2. The van der Waals surface area contributed by atoms with Crippen LogP contribution in [0, 0.1) is 22.7 Å². The van der Waals surface area contributed by atoms with Gasteiger partial charge < -0.3 is 19.7 Å². The summed E-state index contributed by atoms with van der Waals surface area (Å²) in [5, 5.41) is 24.5. The molecule has 34 heavy (non-hydrogen) atoms. The van der Waals surface area contributed by atoms with Gasteiger partial charge in [-0.3, -0.25) is 10.1 Å². The standard InChI is InChI=1S/C26H41NO6S/c1-16-6-7-21-25(2,11-8-22(29)26(21,3)15-28)18(16)14-20(17-9-12-33-23(17)30)27-19(10-13-34-5)24(31)32-4/h9,18-22,27-29H,1,6-8,10-15H2,2-5H3/t18-,19?,20?,21?,22?,25+,26-/m0/s1. The van der Waals surface area contributed by atoms with E-state index in [1.165, 1.54) is 7.11 Å². The van der Waals surface area contributed by atoms with Crippen LogP contribution in [0.3, 0.4) is 0 Å². The van der Waals surface area contributed by atoms with Crippen LogP contribution in [0.2, 0.25) is 0 Å². The van der Waals surface area contributed by atoms with Crippen LogP contribution in [-0.4, -0.2) is 72.7 Å². The highest BCUT2D eigenvalue weighted by Gasteiger charge is 2.58. The second-order valence-electron chi connectivity index (χ2n) is 10.6. The molecule has 3 rings (SSSR count). The van der Waals surface area contributed by atoms with Crippen molar-refractivity contribution >= 4 is 23.7 Å². The fraction of sp³-hybridized carbons (Fsp3) is 0.769. The van der Waals surface area contributed by atoms with Crippen molar-refractivity contribution in [2.75, 3.05) is 32.3 Å². The highest BCUT2D eigenvalue weighted by molar-refractivity contribution is 7.98. The van der Waals surface area contributed by atoms with Crippen molar-refractivity contribution in [2.45, 2.75) is 70.6 Å². The predicted octanol–water partition coefficient (Wildman–Crippen LogP) is 2.85. The number of esters is 2. The zero-order valence-electron chi connectivity index (χ0n) is 21.0. The fourth-order valence-electron chi connectivity index (χ4n) is 6.70. The first-order valence-corrected chi connectivity index (χ1v) is 13.7. The van der Waals surface area contributed by atoms with Gasteiger partial charge in [0.05, 0.1) is 25.4 Å². The van der Waals surface area contributed by atoms with Gasteiger partial charge in [-0.2, -0.15) is 11.8 Å². The number of rotatable bonds is 10. The molecule has 2 aliphatic carbocycles. The Kier molecular flexibility index (Phi) is 8.93. The van der Waals surface area contributed by atoms with E-state index in [2.05, 4.69) is 18.8 Å². The van der Waals surface area contributed by atoms with Crippen molar-refractivity contribution in [3.05, 3.63) is 23.8 Å². The number of carbonyl (C=O) groups excluding carboxylic acids is 2. The minimum atomic E-state index is -0.576. The lowest BCUT2D eigenvalue weighted by Crippen LogP contribution is -2.58. The molecule has 192 valence electrons. The molecular formula is C26H41NO6S.